The number of rotatable bonds is 6. The SMILES string of the molecule is COc1cc([N+](=O)[O-])ccc1NC(=O)c1nnn(-c2ccccc2)c1-c1ccccc1. The molecule has 0 unspecified atom stereocenters. The largest absolute Gasteiger partial charge is 0.494 e. The zero-order chi connectivity index (χ0) is 21.8. The van der Waals surface area contributed by atoms with Crippen LogP contribution in [0.15, 0.2) is 78.9 Å². The summed E-state index contributed by atoms with van der Waals surface area (Å²) in [5, 5.41) is 22.0. The first-order valence-electron chi connectivity index (χ1n) is 9.29. The molecule has 31 heavy (non-hydrogen) atoms. The molecule has 1 heterocycles. The third-order valence-corrected chi connectivity index (χ3v) is 4.58. The Morgan fingerprint density at radius 2 is 1.71 bits per heavy atom. The van der Waals surface area contributed by atoms with Gasteiger partial charge in [-0.15, -0.1) is 5.10 Å². The quantitative estimate of drug-likeness (QED) is 0.375. The highest BCUT2D eigenvalue weighted by Crippen LogP contribution is 2.31. The van der Waals surface area contributed by atoms with Crippen LogP contribution in [-0.2, 0) is 0 Å². The van der Waals surface area contributed by atoms with Gasteiger partial charge in [0, 0.05) is 11.6 Å². The van der Waals surface area contributed by atoms with Gasteiger partial charge in [-0.25, -0.2) is 4.68 Å². The Hall–Kier alpha value is -4.53. The molecule has 154 valence electrons. The fourth-order valence-electron chi connectivity index (χ4n) is 3.12. The molecule has 1 amide bonds. The van der Waals surface area contributed by atoms with Crippen LogP contribution in [0.2, 0.25) is 0 Å². The highest BCUT2D eigenvalue weighted by Gasteiger charge is 2.23. The first-order chi connectivity index (χ1) is 15.1. The van der Waals surface area contributed by atoms with Crippen molar-refractivity contribution in [3.63, 3.8) is 0 Å². The highest BCUT2D eigenvalue weighted by atomic mass is 16.6. The van der Waals surface area contributed by atoms with Gasteiger partial charge in [0.25, 0.3) is 11.6 Å². The lowest BCUT2D eigenvalue weighted by molar-refractivity contribution is -0.384. The summed E-state index contributed by atoms with van der Waals surface area (Å²) in [5.74, 6) is -0.354. The van der Waals surface area contributed by atoms with Crippen molar-refractivity contribution in [3.8, 4) is 22.7 Å². The molecule has 0 atom stereocenters. The third kappa shape index (κ3) is 3.97. The number of nitro benzene ring substituents is 1. The number of carbonyl (C=O) groups excluding carboxylic acids is 1. The topological polar surface area (TPSA) is 112 Å². The summed E-state index contributed by atoms with van der Waals surface area (Å²) in [4.78, 5) is 23.6. The molecule has 0 fully saturated rings. The van der Waals surface area contributed by atoms with Gasteiger partial charge in [-0.05, 0) is 18.2 Å². The van der Waals surface area contributed by atoms with Crippen LogP contribution < -0.4 is 10.1 Å². The van der Waals surface area contributed by atoms with E-state index in [0.29, 0.717) is 5.69 Å². The fourth-order valence-corrected chi connectivity index (χ4v) is 3.12. The number of methoxy groups -OCH3 is 1. The molecule has 0 aliphatic carbocycles. The second-order valence-corrected chi connectivity index (χ2v) is 6.50. The van der Waals surface area contributed by atoms with E-state index in [1.54, 1.807) is 4.68 Å². The van der Waals surface area contributed by atoms with Crippen LogP contribution in [0, 0.1) is 10.1 Å². The molecule has 0 saturated carbocycles. The Morgan fingerprint density at radius 3 is 2.35 bits per heavy atom. The fraction of sp³-hybridized carbons (Fsp3) is 0.0455. The Bertz CT molecular complexity index is 1240. The number of ether oxygens (including phenoxy) is 1. The predicted octanol–water partition coefficient (Wildman–Crippen LogP) is 4.10. The number of nitrogens with zero attached hydrogens (tertiary/aromatic N) is 4. The van der Waals surface area contributed by atoms with E-state index in [1.165, 1.54) is 25.3 Å². The summed E-state index contributed by atoms with van der Waals surface area (Å²) in [6.07, 6.45) is 0. The van der Waals surface area contributed by atoms with Crippen LogP contribution in [0.1, 0.15) is 10.5 Å². The van der Waals surface area contributed by atoms with Crippen LogP contribution in [-0.4, -0.2) is 32.9 Å². The summed E-state index contributed by atoms with van der Waals surface area (Å²) in [5.41, 5.74) is 2.28. The van der Waals surface area contributed by atoms with E-state index in [1.807, 2.05) is 60.7 Å². The maximum atomic E-state index is 13.1. The molecule has 0 saturated heterocycles. The van der Waals surface area contributed by atoms with E-state index in [2.05, 4.69) is 15.6 Å². The highest BCUT2D eigenvalue weighted by molar-refractivity contribution is 6.07. The monoisotopic (exact) mass is 415 g/mol. The van der Waals surface area contributed by atoms with Gasteiger partial charge < -0.3 is 10.1 Å². The number of nitro groups is 1. The van der Waals surface area contributed by atoms with Crippen LogP contribution in [0.25, 0.3) is 16.9 Å². The number of nitrogens with one attached hydrogen (secondary N) is 1. The van der Waals surface area contributed by atoms with Crippen molar-refractivity contribution in [1.82, 2.24) is 15.0 Å². The molecule has 0 spiro atoms. The summed E-state index contributed by atoms with van der Waals surface area (Å²) in [7, 11) is 1.37. The van der Waals surface area contributed by atoms with Crippen LogP contribution >= 0.6 is 0 Å². The van der Waals surface area contributed by atoms with Gasteiger partial charge in [-0.1, -0.05) is 53.7 Å². The number of benzene rings is 3. The van der Waals surface area contributed by atoms with Gasteiger partial charge in [0.05, 0.1) is 29.5 Å². The zero-order valence-corrected chi connectivity index (χ0v) is 16.4. The van der Waals surface area contributed by atoms with Gasteiger partial charge in [-0.3, -0.25) is 14.9 Å². The van der Waals surface area contributed by atoms with Crippen LogP contribution in [0.5, 0.6) is 5.75 Å². The van der Waals surface area contributed by atoms with Gasteiger partial charge in [0.2, 0.25) is 0 Å². The summed E-state index contributed by atoms with van der Waals surface area (Å²) in [6.45, 7) is 0. The van der Waals surface area contributed by atoms with Crippen molar-refractivity contribution in [3.05, 3.63) is 94.7 Å². The van der Waals surface area contributed by atoms with E-state index < -0.39 is 10.8 Å². The molecule has 4 aromatic rings. The van der Waals surface area contributed by atoms with Gasteiger partial charge in [0.1, 0.15) is 11.4 Å². The number of anilines is 1. The number of para-hydroxylation sites is 1. The van der Waals surface area contributed by atoms with Crippen molar-refractivity contribution in [2.45, 2.75) is 0 Å². The Kier molecular flexibility index (Phi) is 5.39. The maximum absolute atomic E-state index is 13.1. The van der Waals surface area contributed by atoms with E-state index in [-0.39, 0.29) is 22.8 Å². The van der Waals surface area contributed by atoms with E-state index >= 15 is 0 Å². The normalized spacial score (nSPS) is 10.5. The minimum atomic E-state index is -0.535. The van der Waals surface area contributed by atoms with Gasteiger partial charge >= 0.3 is 0 Å². The molecule has 4 rings (SSSR count). The van der Waals surface area contributed by atoms with Gasteiger partial charge in [0.15, 0.2) is 5.69 Å². The molecule has 9 nitrogen and oxygen atoms in total. The Labute approximate surface area is 177 Å². The van der Waals surface area contributed by atoms with Crippen LogP contribution in [0.4, 0.5) is 11.4 Å². The van der Waals surface area contributed by atoms with E-state index in [4.69, 9.17) is 4.74 Å². The second kappa shape index (κ2) is 8.46. The van der Waals surface area contributed by atoms with E-state index in [0.717, 1.165) is 11.3 Å². The number of hydrogen-bond donors (Lipinski definition) is 1. The van der Waals surface area contributed by atoms with Crippen molar-refractivity contribution >= 4 is 17.3 Å². The first kappa shape index (κ1) is 19.8. The molecular weight excluding hydrogens is 398 g/mol. The first-order valence-corrected chi connectivity index (χ1v) is 9.29. The van der Waals surface area contributed by atoms with E-state index in [9.17, 15) is 14.9 Å². The molecular formula is C22H17N5O4. The maximum Gasteiger partial charge on any atom is 0.278 e. The molecule has 0 radical (unpaired) electrons. The molecule has 1 aromatic heterocycles. The van der Waals surface area contributed by atoms with Gasteiger partial charge in [-0.2, -0.15) is 0 Å². The molecule has 0 aliphatic rings. The third-order valence-electron chi connectivity index (χ3n) is 4.58. The van der Waals surface area contributed by atoms with Crippen molar-refractivity contribution in [2.24, 2.45) is 0 Å². The molecule has 0 aliphatic heterocycles. The minimum absolute atomic E-state index is 0.107. The Morgan fingerprint density at radius 1 is 1.03 bits per heavy atom. The van der Waals surface area contributed by atoms with Crippen molar-refractivity contribution in [1.29, 1.82) is 0 Å². The smallest absolute Gasteiger partial charge is 0.278 e. The lowest BCUT2D eigenvalue weighted by atomic mass is 10.1. The predicted molar refractivity (Wildman–Crippen MR) is 114 cm³/mol. The van der Waals surface area contributed by atoms with Crippen molar-refractivity contribution in [2.75, 3.05) is 12.4 Å². The molecule has 0 bridgehead atoms. The number of aromatic nitrogens is 3. The summed E-state index contributed by atoms with van der Waals surface area (Å²) in [6, 6.07) is 22.6. The standard InChI is InChI=1S/C22H17N5O4/c1-31-19-14-17(27(29)30)12-13-18(19)23-22(28)20-21(15-8-4-2-5-9-15)26(25-24-20)16-10-6-3-7-11-16/h2-14H,1H3,(H,23,28). The van der Waals surface area contributed by atoms with Crippen LogP contribution in [0.3, 0.4) is 0 Å². The molecule has 1 N–H and O–H groups in total. The second-order valence-electron chi connectivity index (χ2n) is 6.50. The summed E-state index contributed by atoms with van der Waals surface area (Å²) < 4.78 is 6.80. The number of carbonyl (C=O) groups is 1. The average molecular weight is 415 g/mol. The molecule has 3 aromatic carbocycles. The van der Waals surface area contributed by atoms with Crippen molar-refractivity contribution < 1.29 is 14.5 Å². The Balaban J connectivity index is 1.76. The summed E-state index contributed by atoms with van der Waals surface area (Å²) >= 11 is 0. The minimum Gasteiger partial charge on any atom is -0.494 e. The number of hydrogen-bond acceptors (Lipinski definition) is 6. The number of non-ortho nitro benzene ring substituents is 1. The zero-order valence-electron chi connectivity index (χ0n) is 16.4. The molecule has 9 heteroatoms. The lowest BCUT2D eigenvalue weighted by Gasteiger charge is -2.11. The lowest BCUT2D eigenvalue weighted by Crippen LogP contribution is -2.15. The number of amides is 1. The average Bonchev–Trinajstić information content (AvgIpc) is 3.25.